The van der Waals surface area contributed by atoms with Crippen molar-refractivity contribution in [3.63, 3.8) is 0 Å². The zero-order valence-corrected chi connectivity index (χ0v) is 11.8. The number of amides is 1. The van der Waals surface area contributed by atoms with Crippen LogP contribution in [-0.4, -0.2) is 24.6 Å². The van der Waals surface area contributed by atoms with Gasteiger partial charge in [0.05, 0.1) is 6.61 Å². The van der Waals surface area contributed by atoms with Gasteiger partial charge in [0.2, 0.25) is 0 Å². The molecule has 0 fully saturated rings. The number of hydrogen-bond acceptors (Lipinski definition) is 3. The van der Waals surface area contributed by atoms with E-state index in [9.17, 15) is 4.79 Å². The fourth-order valence-electron chi connectivity index (χ4n) is 1.86. The predicted molar refractivity (Wildman–Crippen MR) is 72.0 cm³/mol. The Balaban J connectivity index is 2.76. The van der Waals surface area contributed by atoms with Crippen LogP contribution in [0.25, 0.3) is 0 Å². The Morgan fingerprint density at radius 1 is 1.22 bits per heavy atom. The number of hydrazine groups is 1. The highest BCUT2D eigenvalue weighted by atomic mass is 16.5. The molecule has 1 aromatic carbocycles. The maximum Gasteiger partial charge on any atom is 0.262 e. The lowest BCUT2D eigenvalue weighted by molar-refractivity contribution is -0.135. The molecule has 0 unspecified atom stereocenters. The first-order valence-corrected chi connectivity index (χ1v) is 5.99. The molecule has 0 aliphatic rings. The van der Waals surface area contributed by atoms with Crippen LogP contribution in [0.4, 0.5) is 0 Å². The summed E-state index contributed by atoms with van der Waals surface area (Å²) in [7, 11) is 1.51. The van der Waals surface area contributed by atoms with Gasteiger partial charge < -0.3 is 4.74 Å². The Bertz CT molecular complexity index is 427. The number of rotatable bonds is 4. The van der Waals surface area contributed by atoms with Crippen molar-refractivity contribution in [2.75, 3.05) is 13.7 Å². The lowest BCUT2D eigenvalue weighted by Crippen LogP contribution is -2.36. The quantitative estimate of drug-likeness (QED) is 0.503. The first-order valence-electron chi connectivity index (χ1n) is 5.99. The van der Waals surface area contributed by atoms with Gasteiger partial charge in [-0.25, -0.2) is 5.84 Å². The minimum Gasteiger partial charge on any atom is -0.367 e. The molecule has 0 saturated carbocycles. The Kier molecular flexibility index (Phi) is 4.87. The molecule has 1 aromatic rings. The molecule has 0 bridgehead atoms. The van der Waals surface area contributed by atoms with Gasteiger partial charge in [0.1, 0.15) is 6.61 Å². The van der Waals surface area contributed by atoms with Crippen molar-refractivity contribution < 1.29 is 9.53 Å². The highest BCUT2D eigenvalue weighted by Crippen LogP contribution is 2.22. The molecule has 0 heterocycles. The molecule has 0 saturated heterocycles. The van der Waals surface area contributed by atoms with Gasteiger partial charge in [-0.1, -0.05) is 6.07 Å². The van der Waals surface area contributed by atoms with Crippen molar-refractivity contribution in [1.29, 1.82) is 0 Å². The Morgan fingerprint density at radius 2 is 1.72 bits per heavy atom. The van der Waals surface area contributed by atoms with Crippen LogP contribution in [0.15, 0.2) is 6.07 Å². The maximum atomic E-state index is 11.3. The van der Waals surface area contributed by atoms with Crippen molar-refractivity contribution in [3.05, 3.63) is 33.9 Å². The average Bonchev–Trinajstić information content (AvgIpc) is 2.30. The van der Waals surface area contributed by atoms with E-state index >= 15 is 0 Å². The molecule has 18 heavy (non-hydrogen) atoms. The van der Waals surface area contributed by atoms with Gasteiger partial charge in [-0.15, -0.1) is 0 Å². The van der Waals surface area contributed by atoms with Crippen LogP contribution >= 0.6 is 0 Å². The first-order chi connectivity index (χ1) is 8.34. The standard InChI is InChI=1S/C14H22N2O2/c1-9-6-10(2)12(4)13(11(9)3)7-18-8-14(17)16(5)15/h6H,7-8,15H2,1-5H3. The molecule has 1 amide bonds. The number of nitrogens with two attached hydrogens (primary N) is 1. The molecule has 0 spiro atoms. The summed E-state index contributed by atoms with van der Waals surface area (Å²) in [6, 6.07) is 2.17. The number of nitrogens with zero attached hydrogens (tertiary/aromatic N) is 1. The van der Waals surface area contributed by atoms with Gasteiger partial charge >= 0.3 is 0 Å². The fourth-order valence-corrected chi connectivity index (χ4v) is 1.86. The highest BCUT2D eigenvalue weighted by molar-refractivity contribution is 5.76. The normalized spacial score (nSPS) is 10.6. The highest BCUT2D eigenvalue weighted by Gasteiger charge is 2.10. The van der Waals surface area contributed by atoms with Crippen LogP contribution in [0.5, 0.6) is 0 Å². The van der Waals surface area contributed by atoms with E-state index in [1.807, 2.05) is 0 Å². The maximum absolute atomic E-state index is 11.3. The van der Waals surface area contributed by atoms with E-state index < -0.39 is 0 Å². The van der Waals surface area contributed by atoms with Gasteiger partial charge in [-0.2, -0.15) is 0 Å². The number of hydrogen-bond donors (Lipinski definition) is 1. The van der Waals surface area contributed by atoms with Gasteiger partial charge in [0, 0.05) is 7.05 Å². The van der Waals surface area contributed by atoms with E-state index in [2.05, 4.69) is 33.8 Å². The summed E-state index contributed by atoms with van der Waals surface area (Å²) in [6.07, 6.45) is 0. The second kappa shape index (κ2) is 5.98. The van der Waals surface area contributed by atoms with E-state index in [-0.39, 0.29) is 12.5 Å². The molecule has 0 atom stereocenters. The van der Waals surface area contributed by atoms with E-state index in [1.165, 1.54) is 34.9 Å². The Hall–Kier alpha value is -1.39. The second-order valence-electron chi connectivity index (χ2n) is 4.74. The van der Waals surface area contributed by atoms with Gasteiger partial charge in [0.15, 0.2) is 0 Å². The van der Waals surface area contributed by atoms with Crippen molar-refractivity contribution in [2.24, 2.45) is 5.84 Å². The number of carbonyl (C=O) groups is 1. The number of aryl methyl sites for hydroxylation is 2. The monoisotopic (exact) mass is 250 g/mol. The average molecular weight is 250 g/mol. The Morgan fingerprint density at radius 3 is 2.17 bits per heavy atom. The van der Waals surface area contributed by atoms with Gasteiger partial charge in [-0.3, -0.25) is 9.80 Å². The van der Waals surface area contributed by atoms with Crippen molar-refractivity contribution >= 4 is 5.91 Å². The van der Waals surface area contributed by atoms with Crippen LogP contribution in [0.2, 0.25) is 0 Å². The molecule has 0 aliphatic heterocycles. The summed E-state index contributed by atoms with van der Waals surface area (Å²) < 4.78 is 5.44. The molecule has 1 rings (SSSR count). The second-order valence-corrected chi connectivity index (χ2v) is 4.74. The fraction of sp³-hybridized carbons (Fsp3) is 0.500. The summed E-state index contributed by atoms with van der Waals surface area (Å²) in [4.78, 5) is 11.3. The number of carbonyl (C=O) groups excluding carboxylic acids is 1. The van der Waals surface area contributed by atoms with Crippen molar-refractivity contribution in [2.45, 2.75) is 34.3 Å². The SMILES string of the molecule is Cc1cc(C)c(C)c(COCC(=O)N(C)N)c1C. The van der Waals surface area contributed by atoms with Crippen LogP contribution in [0.3, 0.4) is 0 Å². The topological polar surface area (TPSA) is 55.6 Å². The summed E-state index contributed by atoms with van der Waals surface area (Å²) in [5.74, 6) is 5.10. The number of benzene rings is 1. The zero-order valence-electron chi connectivity index (χ0n) is 11.8. The van der Waals surface area contributed by atoms with Crippen molar-refractivity contribution in [1.82, 2.24) is 5.01 Å². The zero-order chi connectivity index (χ0) is 13.9. The minimum absolute atomic E-state index is 0.0128. The molecule has 2 N–H and O–H groups in total. The van der Waals surface area contributed by atoms with E-state index in [0.717, 1.165) is 5.01 Å². The largest absolute Gasteiger partial charge is 0.367 e. The third-order valence-corrected chi connectivity index (χ3v) is 3.39. The molecule has 0 radical (unpaired) electrons. The molecule has 100 valence electrons. The van der Waals surface area contributed by atoms with Crippen LogP contribution in [0, 0.1) is 27.7 Å². The molecule has 4 heteroatoms. The van der Waals surface area contributed by atoms with Crippen molar-refractivity contribution in [3.8, 4) is 0 Å². The lowest BCUT2D eigenvalue weighted by Gasteiger charge is -2.16. The summed E-state index contributed by atoms with van der Waals surface area (Å²) in [5, 5.41) is 1.04. The van der Waals surface area contributed by atoms with Crippen LogP contribution in [-0.2, 0) is 16.1 Å². The van der Waals surface area contributed by atoms with Crippen LogP contribution < -0.4 is 5.84 Å². The summed E-state index contributed by atoms with van der Waals surface area (Å²) in [6.45, 7) is 8.79. The number of likely N-dealkylation sites (N-methyl/N-ethyl adjacent to an activating group) is 1. The summed E-state index contributed by atoms with van der Waals surface area (Å²) in [5.41, 5.74) is 6.12. The predicted octanol–water partition coefficient (Wildman–Crippen LogP) is 1.77. The molecule has 4 nitrogen and oxygen atoms in total. The van der Waals surface area contributed by atoms with Crippen LogP contribution in [0.1, 0.15) is 27.8 Å². The molecule has 0 aromatic heterocycles. The molecular formula is C14H22N2O2. The third kappa shape index (κ3) is 3.31. The number of ether oxygens (including phenoxy) is 1. The van der Waals surface area contributed by atoms with Gasteiger partial charge in [-0.05, 0) is 55.5 Å². The molecule has 0 aliphatic carbocycles. The third-order valence-electron chi connectivity index (χ3n) is 3.39. The van der Waals surface area contributed by atoms with E-state index in [0.29, 0.717) is 6.61 Å². The van der Waals surface area contributed by atoms with Gasteiger partial charge in [0.25, 0.3) is 5.91 Å². The molecular weight excluding hydrogens is 228 g/mol. The first kappa shape index (κ1) is 14.7. The van der Waals surface area contributed by atoms with E-state index in [1.54, 1.807) is 0 Å². The lowest BCUT2D eigenvalue weighted by atomic mass is 9.95. The van der Waals surface area contributed by atoms with E-state index in [4.69, 9.17) is 10.6 Å². The minimum atomic E-state index is -0.227. The smallest absolute Gasteiger partial charge is 0.262 e. The summed E-state index contributed by atoms with van der Waals surface area (Å²) >= 11 is 0. The Labute approximate surface area is 109 Å².